The monoisotopic (exact) mass is 292 g/mol. The van der Waals surface area contributed by atoms with Gasteiger partial charge < -0.3 is 15.1 Å². The number of aromatic nitrogens is 1. The van der Waals surface area contributed by atoms with Crippen molar-refractivity contribution in [1.82, 2.24) is 9.88 Å². The molecule has 21 heavy (non-hydrogen) atoms. The highest BCUT2D eigenvalue weighted by molar-refractivity contribution is 5.96. The third-order valence-corrected chi connectivity index (χ3v) is 4.31. The Morgan fingerprint density at radius 3 is 2.76 bits per heavy atom. The summed E-state index contributed by atoms with van der Waals surface area (Å²) >= 11 is 0. The first-order valence-corrected chi connectivity index (χ1v) is 6.99. The smallest absolute Gasteiger partial charge is 0.309 e. The van der Waals surface area contributed by atoms with Gasteiger partial charge in [-0.3, -0.25) is 14.6 Å². The summed E-state index contributed by atoms with van der Waals surface area (Å²) in [6.45, 7) is 4.35. The molecular formula is C15H20N2O4. The molecule has 0 bridgehead atoms. The van der Waals surface area contributed by atoms with E-state index in [0.717, 1.165) is 12.8 Å². The first kappa shape index (κ1) is 15.3. The zero-order chi connectivity index (χ0) is 15.6. The second kappa shape index (κ2) is 5.71. The van der Waals surface area contributed by atoms with Crippen LogP contribution in [0.3, 0.4) is 0 Å². The van der Waals surface area contributed by atoms with E-state index in [9.17, 15) is 19.8 Å². The van der Waals surface area contributed by atoms with Crippen molar-refractivity contribution in [2.75, 3.05) is 13.1 Å². The lowest BCUT2D eigenvalue weighted by molar-refractivity contribution is -0.151. The standard InChI is InChI=1S/C15H20N2O4/c1-15(2,14(20)21)10-4-3-7-17(9-10)13(19)11-5-6-16-8-12(11)18/h5-6,8,10,18H,3-4,7,9H2,1-2H3,(H,20,21). The number of hydrogen-bond donors (Lipinski definition) is 2. The van der Waals surface area contributed by atoms with Gasteiger partial charge in [0.25, 0.3) is 5.91 Å². The Kier molecular flexibility index (Phi) is 4.16. The average Bonchev–Trinajstić information content (AvgIpc) is 2.47. The van der Waals surface area contributed by atoms with Gasteiger partial charge in [-0.1, -0.05) is 0 Å². The van der Waals surface area contributed by atoms with Crippen molar-refractivity contribution in [3.63, 3.8) is 0 Å². The number of aromatic hydroxyl groups is 1. The third-order valence-electron chi connectivity index (χ3n) is 4.31. The van der Waals surface area contributed by atoms with E-state index < -0.39 is 11.4 Å². The van der Waals surface area contributed by atoms with Crippen molar-refractivity contribution >= 4 is 11.9 Å². The van der Waals surface area contributed by atoms with Crippen LogP contribution in [0.15, 0.2) is 18.5 Å². The molecule has 1 aliphatic rings. The Morgan fingerprint density at radius 2 is 2.14 bits per heavy atom. The molecule has 1 aromatic heterocycles. The van der Waals surface area contributed by atoms with Crippen LogP contribution < -0.4 is 0 Å². The molecule has 1 unspecified atom stereocenters. The van der Waals surface area contributed by atoms with E-state index >= 15 is 0 Å². The molecule has 0 saturated carbocycles. The Bertz CT molecular complexity index is 556. The number of amides is 1. The van der Waals surface area contributed by atoms with Crippen LogP contribution in [0.1, 0.15) is 37.0 Å². The van der Waals surface area contributed by atoms with E-state index in [2.05, 4.69) is 4.98 Å². The van der Waals surface area contributed by atoms with Crippen LogP contribution in [-0.4, -0.2) is 45.1 Å². The number of piperidine rings is 1. The fraction of sp³-hybridized carbons (Fsp3) is 0.533. The molecule has 0 spiro atoms. The van der Waals surface area contributed by atoms with Gasteiger partial charge in [0.2, 0.25) is 0 Å². The molecule has 1 aromatic rings. The van der Waals surface area contributed by atoms with Crippen molar-refractivity contribution in [2.45, 2.75) is 26.7 Å². The van der Waals surface area contributed by atoms with Crippen molar-refractivity contribution in [3.8, 4) is 5.75 Å². The summed E-state index contributed by atoms with van der Waals surface area (Å²) in [5, 5.41) is 19.0. The molecule has 1 amide bonds. The highest BCUT2D eigenvalue weighted by Crippen LogP contribution is 2.35. The summed E-state index contributed by atoms with van der Waals surface area (Å²) in [4.78, 5) is 29.2. The number of carbonyl (C=O) groups is 2. The minimum absolute atomic E-state index is 0.100. The second-order valence-electron chi connectivity index (χ2n) is 6.01. The number of hydrogen-bond acceptors (Lipinski definition) is 4. The quantitative estimate of drug-likeness (QED) is 0.885. The molecule has 2 N–H and O–H groups in total. The summed E-state index contributed by atoms with van der Waals surface area (Å²) < 4.78 is 0. The fourth-order valence-corrected chi connectivity index (χ4v) is 2.66. The summed E-state index contributed by atoms with van der Waals surface area (Å²) in [5.41, 5.74) is -0.669. The SMILES string of the molecule is CC(C)(C(=O)O)C1CCCN(C(=O)c2ccncc2O)C1. The van der Waals surface area contributed by atoms with Gasteiger partial charge in [-0.25, -0.2) is 0 Å². The highest BCUT2D eigenvalue weighted by Gasteiger charge is 2.40. The normalized spacial score (nSPS) is 19.3. The van der Waals surface area contributed by atoms with E-state index in [1.54, 1.807) is 18.7 Å². The first-order chi connectivity index (χ1) is 9.84. The number of aliphatic carboxylic acids is 1. The van der Waals surface area contributed by atoms with E-state index in [4.69, 9.17) is 0 Å². The van der Waals surface area contributed by atoms with Crippen LogP contribution in [-0.2, 0) is 4.79 Å². The molecule has 1 aliphatic heterocycles. The van der Waals surface area contributed by atoms with Gasteiger partial charge in [0.05, 0.1) is 17.2 Å². The van der Waals surface area contributed by atoms with E-state index in [0.29, 0.717) is 13.1 Å². The van der Waals surface area contributed by atoms with Crippen LogP contribution in [0.25, 0.3) is 0 Å². The average molecular weight is 292 g/mol. The van der Waals surface area contributed by atoms with Crippen LogP contribution in [0.4, 0.5) is 0 Å². The fourth-order valence-electron chi connectivity index (χ4n) is 2.66. The van der Waals surface area contributed by atoms with Gasteiger partial charge in [-0.15, -0.1) is 0 Å². The lowest BCUT2D eigenvalue weighted by Gasteiger charge is -2.39. The van der Waals surface area contributed by atoms with Crippen LogP contribution in [0, 0.1) is 11.3 Å². The van der Waals surface area contributed by atoms with Crippen molar-refractivity contribution in [1.29, 1.82) is 0 Å². The molecule has 0 aromatic carbocycles. The topological polar surface area (TPSA) is 90.7 Å². The summed E-state index contributed by atoms with van der Waals surface area (Å²) in [6, 6.07) is 1.48. The second-order valence-corrected chi connectivity index (χ2v) is 6.01. The molecule has 0 aliphatic carbocycles. The van der Waals surface area contributed by atoms with Crippen LogP contribution in [0.5, 0.6) is 5.75 Å². The molecule has 2 heterocycles. The number of carboxylic acids is 1. The maximum absolute atomic E-state index is 12.5. The molecule has 6 nitrogen and oxygen atoms in total. The predicted molar refractivity (Wildman–Crippen MR) is 75.9 cm³/mol. The Hall–Kier alpha value is -2.11. The van der Waals surface area contributed by atoms with Gasteiger partial charge in [0.1, 0.15) is 5.75 Å². The summed E-state index contributed by atoms with van der Waals surface area (Å²) in [7, 11) is 0. The predicted octanol–water partition coefficient (Wildman–Crippen LogP) is 1.75. The van der Waals surface area contributed by atoms with Crippen molar-refractivity contribution in [3.05, 3.63) is 24.0 Å². The minimum Gasteiger partial charge on any atom is -0.505 e. The summed E-state index contributed by atoms with van der Waals surface area (Å²) in [6.07, 6.45) is 4.23. The number of nitrogens with zero attached hydrogens (tertiary/aromatic N) is 2. The van der Waals surface area contributed by atoms with Crippen LogP contribution >= 0.6 is 0 Å². The minimum atomic E-state index is -0.876. The number of likely N-dealkylation sites (tertiary alicyclic amines) is 1. The maximum Gasteiger partial charge on any atom is 0.309 e. The summed E-state index contributed by atoms with van der Waals surface area (Å²) in [5.74, 6) is -1.38. The van der Waals surface area contributed by atoms with E-state index in [1.807, 2.05) is 0 Å². The van der Waals surface area contributed by atoms with Gasteiger partial charge in [-0.05, 0) is 38.7 Å². The van der Waals surface area contributed by atoms with E-state index in [-0.39, 0.29) is 23.1 Å². The Morgan fingerprint density at radius 1 is 1.43 bits per heavy atom. The molecular weight excluding hydrogens is 272 g/mol. The molecule has 2 rings (SSSR count). The highest BCUT2D eigenvalue weighted by atomic mass is 16.4. The van der Waals surface area contributed by atoms with E-state index in [1.165, 1.54) is 18.5 Å². The molecule has 6 heteroatoms. The molecule has 0 radical (unpaired) electrons. The molecule has 114 valence electrons. The zero-order valence-corrected chi connectivity index (χ0v) is 12.2. The van der Waals surface area contributed by atoms with Gasteiger partial charge >= 0.3 is 5.97 Å². The lowest BCUT2D eigenvalue weighted by Crippen LogP contribution is -2.46. The molecule has 1 atom stereocenters. The van der Waals surface area contributed by atoms with Crippen LogP contribution in [0.2, 0.25) is 0 Å². The number of rotatable bonds is 3. The Balaban J connectivity index is 2.17. The number of pyridine rings is 1. The maximum atomic E-state index is 12.5. The number of carboxylic acid groups (broad SMARTS) is 1. The number of carbonyl (C=O) groups excluding carboxylic acids is 1. The Labute approximate surface area is 123 Å². The van der Waals surface area contributed by atoms with Gasteiger partial charge in [0.15, 0.2) is 0 Å². The third kappa shape index (κ3) is 2.99. The first-order valence-electron chi connectivity index (χ1n) is 6.99. The van der Waals surface area contributed by atoms with Gasteiger partial charge in [0, 0.05) is 19.3 Å². The molecule has 1 fully saturated rings. The zero-order valence-electron chi connectivity index (χ0n) is 12.2. The van der Waals surface area contributed by atoms with Gasteiger partial charge in [-0.2, -0.15) is 0 Å². The lowest BCUT2D eigenvalue weighted by atomic mass is 9.74. The van der Waals surface area contributed by atoms with Crippen molar-refractivity contribution < 1.29 is 19.8 Å². The largest absolute Gasteiger partial charge is 0.505 e. The van der Waals surface area contributed by atoms with Crippen molar-refractivity contribution in [2.24, 2.45) is 11.3 Å². The molecule has 1 saturated heterocycles.